The Balaban J connectivity index is 1.55. The van der Waals surface area contributed by atoms with Crippen LogP contribution < -0.4 is 10.6 Å². The molecule has 16 heavy (non-hydrogen) atoms. The van der Waals surface area contributed by atoms with Crippen LogP contribution in [0.1, 0.15) is 38.5 Å². The van der Waals surface area contributed by atoms with Crippen molar-refractivity contribution in [3.05, 3.63) is 0 Å². The maximum Gasteiger partial charge on any atom is 0.285 e. The third-order valence-electron chi connectivity index (χ3n) is 3.88. The predicted octanol–water partition coefficient (Wildman–Crippen LogP) is 1.03. The number of aliphatic imine (C=N–C) groups is 1. The molecule has 0 spiro atoms. The maximum absolute atomic E-state index is 5.89. The Morgan fingerprint density at radius 3 is 2.75 bits per heavy atom. The van der Waals surface area contributed by atoms with Crippen LogP contribution in [0.15, 0.2) is 4.99 Å². The summed E-state index contributed by atoms with van der Waals surface area (Å²) in [7, 11) is 0. The molecule has 4 heteroatoms. The maximum atomic E-state index is 5.89. The van der Waals surface area contributed by atoms with E-state index in [4.69, 9.17) is 4.74 Å². The van der Waals surface area contributed by atoms with E-state index < -0.39 is 0 Å². The SMILES string of the molecule is C1CCC2OC(NC3CCNCC3)=NC2C1. The normalized spacial score (nSPS) is 35.1. The quantitative estimate of drug-likeness (QED) is 0.698. The third-order valence-corrected chi connectivity index (χ3v) is 3.88. The van der Waals surface area contributed by atoms with Crippen LogP contribution in [-0.4, -0.2) is 37.3 Å². The highest BCUT2D eigenvalue weighted by Gasteiger charge is 2.33. The lowest BCUT2D eigenvalue weighted by Gasteiger charge is -2.25. The molecule has 0 radical (unpaired) electrons. The number of ether oxygens (including phenoxy) is 1. The van der Waals surface area contributed by atoms with Gasteiger partial charge in [-0.2, -0.15) is 0 Å². The van der Waals surface area contributed by atoms with Crippen molar-refractivity contribution in [3.63, 3.8) is 0 Å². The van der Waals surface area contributed by atoms with Gasteiger partial charge in [-0.3, -0.25) is 0 Å². The molecular formula is C12H21N3O. The number of hydrogen-bond donors (Lipinski definition) is 2. The molecular weight excluding hydrogens is 202 g/mol. The van der Waals surface area contributed by atoms with Crippen molar-refractivity contribution >= 4 is 6.02 Å². The summed E-state index contributed by atoms with van der Waals surface area (Å²) in [5, 5.41) is 6.83. The lowest BCUT2D eigenvalue weighted by atomic mass is 9.94. The number of hydrogen-bond acceptors (Lipinski definition) is 4. The first-order chi connectivity index (χ1) is 7.92. The van der Waals surface area contributed by atoms with Gasteiger partial charge in [0.15, 0.2) is 0 Å². The number of nitrogens with zero attached hydrogens (tertiary/aromatic N) is 1. The Bertz CT molecular complexity index is 273. The van der Waals surface area contributed by atoms with Gasteiger partial charge in [0.2, 0.25) is 0 Å². The molecule has 4 nitrogen and oxygen atoms in total. The molecule has 2 aliphatic heterocycles. The lowest BCUT2D eigenvalue weighted by Crippen LogP contribution is -2.43. The summed E-state index contributed by atoms with van der Waals surface area (Å²) in [5.41, 5.74) is 0. The van der Waals surface area contributed by atoms with E-state index in [1.54, 1.807) is 0 Å². The van der Waals surface area contributed by atoms with E-state index in [9.17, 15) is 0 Å². The van der Waals surface area contributed by atoms with Crippen LogP contribution in [-0.2, 0) is 4.74 Å². The summed E-state index contributed by atoms with van der Waals surface area (Å²) >= 11 is 0. The minimum Gasteiger partial charge on any atom is -0.460 e. The van der Waals surface area contributed by atoms with Gasteiger partial charge in [0.05, 0.1) is 6.04 Å². The van der Waals surface area contributed by atoms with Crippen LogP contribution in [0.5, 0.6) is 0 Å². The summed E-state index contributed by atoms with van der Waals surface area (Å²) in [4.78, 5) is 4.67. The van der Waals surface area contributed by atoms with E-state index in [0.29, 0.717) is 18.2 Å². The van der Waals surface area contributed by atoms with Crippen molar-refractivity contribution in [2.45, 2.75) is 56.7 Å². The van der Waals surface area contributed by atoms with Gasteiger partial charge >= 0.3 is 0 Å². The first kappa shape index (κ1) is 10.4. The number of amidine groups is 1. The molecule has 90 valence electrons. The van der Waals surface area contributed by atoms with Gasteiger partial charge in [-0.15, -0.1) is 0 Å². The van der Waals surface area contributed by atoms with Gasteiger partial charge in [0.25, 0.3) is 6.02 Å². The van der Waals surface area contributed by atoms with Crippen LogP contribution in [0.4, 0.5) is 0 Å². The number of nitrogens with one attached hydrogen (secondary N) is 2. The van der Waals surface area contributed by atoms with Crippen molar-refractivity contribution in [1.29, 1.82) is 0 Å². The van der Waals surface area contributed by atoms with Gasteiger partial charge in [0, 0.05) is 6.04 Å². The average molecular weight is 223 g/mol. The number of fused-ring (bicyclic) bond motifs is 1. The molecule has 1 aliphatic carbocycles. The molecule has 3 rings (SSSR count). The minimum absolute atomic E-state index is 0.373. The molecule has 0 bridgehead atoms. The van der Waals surface area contributed by atoms with Crippen molar-refractivity contribution in [2.75, 3.05) is 13.1 Å². The van der Waals surface area contributed by atoms with E-state index >= 15 is 0 Å². The van der Waals surface area contributed by atoms with Crippen LogP contribution >= 0.6 is 0 Å². The summed E-state index contributed by atoms with van der Waals surface area (Å²) in [5.74, 6) is 0. The van der Waals surface area contributed by atoms with E-state index in [0.717, 1.165) is 19.1 Å². The van der Waals surface area contributed by atoms with Gasteiger partial charge in [-0.1, -0.05) is 6.42 Å². The van der Waals surface area contributed by atoms with E-state index in [2.05, 4.69) is 15.6 Å². The summed E-state index contributed by atoms with van der Waals surface area (Å²) in [6, 6.07) is 1.82. The van der Waals surface area contributed by atoms with Crippen LogP contribution in [0.25, 0.3) is 0 Å². The summed E-state index contributed by atoms with van der Waals surface area (Å²) in [6.07, 6.45) is 7.74. The highest BCUT2D eigenvalue weighted by Crippen LogP contribution is 2.28. The molecule has 0 aromatic heterocycles. The van der Waals surface area contributed by atoms with E-state index in [1.165, 1.54) is 38.5 Å². The Labute approximate surface area is 96.8 Å². The standard InChI is InChI=1S/C12H21N3O/c1-2-4-11-10(3-1)15-12(16-11)14-9-5-7-13-8-6-9/h9-11,13H,1-8H2,(H,14,15). The Morgan fingerprint density at radius 1 is 1.12 bits per heavy atom. The first-order valence-electron chi connectivity index (χ1n) is 6.63. The fourth-order valence-electron chi connectivity index (χ4n) is 2.90. The van der Waals surface area contributed by atoms with Crippen molar-refractivity contribution in [1.82, 2.24) is 10.6 Å². The Morgan fingerprint density at radius 2 is 1.94 bits per heavy atom. The number of rotatable bonds is 1. The second kappa shape index (κ2) is 4.62. The molecule has 1 saturated carbocycles. The van der Waals surface area contributed by atoms with Crippen molar-refractivity contribution < 1.29 is 4.74 Å². The molecule has 1 saturated heterocycles. The highest BCUT2D eigenvalue weighted by atomic mass is 16.5. The zero-order valence-corrected chi connectivity index (χ0v) is 9.74. The second-order valence-electron chi connectivity index (χ2n) is 5.11. The zero-order valence-electron chi connectivity index (χ0n) is 9.74. The van der Waals surface area contributed by atoms with E-state index in [1.807, 2.05) is 0 Å². The third kappa shape index (κ3) is 2.17. The largest absolute Gasteiger partial charge is 0.460 e. The van der Waals surface area contributed by atoms with E-state index in [-0.39, 0.29) is 0 Å². The molecule has 0 amide bonds. The zero-order chi connectivity index (χ0) is 10.8. The monoisotopic (exact) mass is 223 g/mol. The predicted molar refractivity (Wildman–Crippen MR) is 63.6 cm³/mol. The number of piperidine rings is 1. The van der Waals surface area contributed by atoms with Crippen molar-refractivity contribution in [3.8, 4) is 0 Å². The van der Waals surface area contributed by atoms with Gasteiger partial charge in [-0.25, -0.2) is 4.99 Å². The fraction of sp³-hybridized carbons (Fsp3) is 0.917. The van der Waals surface area contributed by atoms with Crippen LogP contribution in [0.2, 0.25) is 0 Å². The van der Waals surface area contributed by atoms with Crippen LogP contribution in [0, 0.1) is 0 Å². The highest BCUT2D eigenvalue weighted by molar-refractivity contribution is 5.76. The Hall–Kier alpha value is -0.770. The average Bonchev–Trinajstić information content (AvgIpc) is 2.72. The summed E-state index contributed by atoms with van der Waals surface area (Å²) in [6.45, 7) is 2.22. The second-order valence-corrected chi connectivity index (χ2v) is 5.11. The molecule has 2 heterocycles. The first-order valence-corrected chi connectivity index (χ1v) is 6.63. The fourth-order valence-corrected chi connectivity index (χ4v) is 2.90. The smallest absolute Gasteiger partial charge is 0.285 e. The van der Waals surface area contributed by atoms with Gasteiger partial charge in [-0.05, 0) is 45.2 Å². The molecule has 0 aromatic rings. The van der Waals surface area contributed by atoms with Gasteiger partial charge < -0.3 is 15.4 Å². The van der Waals surface area contributed by atoms with Gasteiger partial charge in [0.1, 0.15) is 6.10 Å². The molecule has 2 atom stereocenters. The molecule has 2 unspecified atom stereocenters. The molecule has 2 N–H and O–H groups in total. The van der Waals surface area contributed by atoms with Crippen LogP contribution in [0.3, 0.4) is 0 Å². The molecule has 0 aromatic carbocycles. The topological polar surface area (TPSA) is 45.6 Å². The molecule has 2 fully saturated rings. The molecule has 3 aliphatic rings. The van der Waals surface area contributed by atoms with Crippen molar-refractivity contribution in [2.24, 2.45) is 4.99 Å². The summed E-state index contributed by atoms with van der Waals surface area (Å²) < 4.78 is 5.89. The Kier molecular flexibility index (Phi) is 3.00. The lowest BCUT2D eigenvalue weighted by molar-refractivity contribution is 0.145. The minimum atomic E-state index is 0.373.